The van der Waals surface area contributed by atoms with Gasteiger partial charge in [0.15, 0.2) is 6.10 Å². The quantitative estimate of drug-likeness (QED) is 0.852. The zero-order valence-corrected chi connectivity index (χ0v) is 12.8. The first-order valence-electron chi connectivity index (χ1n) is 7.24. The summed E-state index contributed by atoms with van der Waals surface area (Å²) in [6, 6.07) is 14.8. The van der Waals surface area contributed by atoms with E-state index in [0.717, 1.165) is 17.5 Å². The third-order valence-corrected chi connectivity index (χ3v) is 3.52. The maximum Gasteiger partial charge on any atom is 0.345 e. The molecule has 0 spiro atoms. The molecule has 0 aliphatic rings. The minimum atomic E-state index is -0.971. The number of carboxylic acid groups (broad SMARTS) is 1. The van der Waals surface area contributed by atoms with E-state index in [4.69, 9.17) is 9.47 Å². The Bertz CT molecular complexity index is 619. The molecule has 4 nitrogen and oxygen atoms in total. The van der Waals surface area contributed by atoms with E-state index in [1.165, 1.54) is 0 Å². The van der Waals surface area contributed by atoms with Gasteiger partial charge in [-0.25, -0.2) is 4.79 Å². The number of hydrogen-bond acceptors (Lipinski definition) is 3. The van der Waals surface area contributed by atoms with Gasteiger partial charge in [-0.15, -0.1) is 0 Å². The van der Waals surface area contributed by atoms with Crippen LogP contribution in [0.15, 0.2) is 48.5 Å². The number of carboxylic acids is 1. The summed E-state index contributed by atoms with van der Waals surface area (Å²) in [6.07, 6.45) is 0.289. The highest BCUT2D eigenvalue weighted by molar-refractivity contribution is 5.73. The van der Waals surface area contributed by atoms with Crippen LogP contribution in [0.4, 0.5) is 0 Å². The molecule has 1 atom stereocenters. The number of aryl methyl sites for hydroxylation is 1. The summed E-state index contributed by atoms with van der Waals surface area (Å²) in [6.45, 7) is 2.05. The predicted octanol–water partition coefficient (Wildman–Crippen LogP) is 3.33. The largest absolute Gasteiger partial charge is 0.497 e. The number of ether oxygens (including phenoxy) is 2. The minimum absolute atomic E-state index is 0.339. The lowest BCUT2D eigenvalue weighted by Gasteiger charge is -2.17. The first-order valence-corrected chi connectivity index (χ1v) is 7.24. The van der Waals surface area contributed by atoms with Crippen molar-refractivity contribution < 1.29 is 19.4 Å². The molecule has 2 aromatic carbocycles. The molecule has 1 N–H and O–H groups in total. The van der Waals surface area contributed by atoms with Gasteiger partial charge in [0.1, 0.15) is 11.5 Å². The van der Waals surface area contributed by atoms with Gasteiger partial charge in [-0.05, 0) is 41.8 Å². The fraction of sp³-hybridized carbons (Fsp3) is 0.278. The summed E-state index contributed by atoms with van der Waals surface area (Å²) < 4.78 is 10.7. The van der Waals surface area contributed by atoms with Gasteiger partial charge in [0, 0.05) is 6.42 Å². The van der Waals surface area contributed by atoms with Crippen LogP contribution in [0.1, 0.15) is 18.1 Å². The zero-order chi connectivity index (χ0) is 15.9. The molecular formula is C18H20O4. The van der Waals surface area contributed by atoms with Crippen molar-refractivity contribution >= 4 is 5.97 Å². The Morgan fingerprint density at radius 3 is 2.18 bits per heavy atom. The van der Waals surface area contributed by atoms with E-state index >= 15 is 0 Å². The second-order valence-corrected chi connectivity index (χ2v) is 4.95. The monoisotopic (exact) mass is 300 g/mol. The Kier molecular flexibility index (Phi) is 5.42. The van der Waals surface area contributed by atoms with E-state index in [-0.39, 0.29) is 0 Å². The van der Waals surface area contributed by atoms with Crippen molar-refractivity contribution in [2.24, 2.45) is 0 Å². The third-order valence-electron chi connectivity index (χ3n) is 3.52. The highest BCUT2D eigenvalue weighted by Gasteiger charge is 2.21. The van der Waals surface area contributed by atoms with Gasteiger partial charge >= 0.3 is 5.97 Å². The molecule has 0 saturated carbocycles. The van der Waals surface area contributed by atoms with Crippen LogP contribution in [0.25, 0.3) is 0 Å². The SMILES string of the molecule is CCc1ccccc1C[C@H](Oc1ccc(OC)cc1)C(=O)O. The number of methoxy groups -OCH3 is 1. The molecule has 0 fully saturated rings. The van der Waals surface area contributed by atoms with Crippen molar-refractivity contribution in [3.8, 4) is 11.5 Å². The lowest BCUT2D eigenvalue weighted by molar-refractivity contribution is -0.145. The van der Waals surface area contributed by atoms with Crippen molar-refractivity contribution in [1.82, 2.24) is 0 Å². The Balaban J connectivity index is 2.14. The van der Waals surface area contributed by atoms with Gasteiger partial charge < -0.3 is 14.6 Å². The molecule has 2 aromatic rings. The number of benzene rings is 2. The molecule has 0 saturated heterocycles. The van der Waals surface area contributed by atoms with E-state index in [0.29, 0.717) is 17.9 Å². The lowest BCUT2D eigenvalue weighted by Crippen LogP contribution is -2.29. The van der Waals surface area contributed by atoms with E-state index in [9.17, 15) is 9.90 Å². The van der Waals surface area contributed by atoms with Crippen molar-refractivity contribution in [3.05, 3.63) is 59.7 Å². The summed E-state index contributed by atoms with van der Waals surface area (Å²) in [7, 11) is 1.58. The third kappa shape index (κ3) is 4.01. The second kappa shape index (κ2) is 7.50. The van der Waals surface area contributed by atoms with E-state index in [2.05, 4.69) is 6.92 Å². The maximum atomic E-state index is 11.5. The average Bonchev–Trinajstić information content (AvgIpc) is 2.55. The molecular weight excluding hydrogens is 280 g/mol. The molecule has 2 rings (SSSR count). The average molecular weight is 300 g/mol. The van der Waals surface area contributed by atoms with Gasteiger partial charge in [0.25, 0.3) is 0 Å². The smallest absolute Gasteiger partial charge is 0.345 e. The summed E-state index contributed by atoms with van der Waals surface area (Å²) in [4.78, 5) is 11.5. The first kappa shape index (κ1) is 15.9. The first-order chi connectivity index (χ1) is 10.6. The van der Waals surface area contributed by atoms with Crippen LogP contribution in [0.5, 0.6) is 11.5 Å². The summed E-state index contributed by atoms with van der Waals surface area (Å²) >= 11 is 0. The number of hydrogen-bond donors (Lipinski definition) is 1. The molecule has 116 valence electrons. The van der Waals surface area contributed by atoms with E-state index in [1.807, 2.05) is 24.3 Å². The molecule has 4 heteroatoms. The van der Waals surface area contributed by atoms with Gasteiger partial charge in [0.2, 0.25) is 0 Å². The van der Waals surface area contributed by atoms with Crippen LogP contribution in [-0.2, 0) is 17.6 Å². The summed E-state index contributed by atoms with van der Waals surface area (Å²) in [5.41, 5.74) is 2.15. The maximum absolute atomic E-state index is 11.5. The molecule has 0 radical (unpaired) electrons. The molecule has 0 aliphatic heterocycles. The number of aliphatic carboxylic acids is 1. The van der Waals surface area contributed by atoms with E-state index < -0.39 is 12.1 Å². The van der Waals surface area contributed by atoms with Gasteiger partial charge in [-0.2, -0.15) is 0 Å². The Morgan fingerprint density at radius 1 is 1.05 bits per heavy atom. The molecule has 0 aliphatic carbocycles. The molecule has 0 unspecified atom stereocenters. The van der Waals surface area contributed by atoms with Gasteiger partial charge in [0.05, 0.1) is 7.11 Å². The van der Waals surface area contributed by atoms with Crippen LogP contribution in [0, 0.1) is 0 Å². The normalized spacial score (nSPS) is 11.7. The summed E-state index contributed by atoms with van der Waals surface area (Å²) in [5, 5.41) is 9.41. The molecule has 0 amide bonds. The Hall–Kier alpha value is -2.49. The van der Waals surface area contributed by atoms with Crippen molar-refractivity contribution in [2.75, 3.05) is 7.11 Å². The molecule has 22 heavy (non-hydrogen) atoms. The highest BCUT2D eigenvalue weighted by Crippen LogP contribution is 2.20. The van der Waals surface area contributed by atoms with Crippen LogP contribution < -0.4 is 9.47 Å². The standard InChI is InChI=1S/C18H20O4/c1-3-13-6-4-5-7-14(13)12-17(18(19)20)22-16-10-8-15(21-2)9-11-16/h4-11,17H,3,12H2,1-2H3,(H,19,20)/t17-/m0/s1. The van der Waals surface area contributed by atoms with Crippen LogP contribution in [0.2, 0.25) is 0 Å². The number of carbonyl (C=O) groups is 1. The van der Waals surface area contributed by atoms with Crippen LogP contribution >= 0.6 is 0 Å². The topological polar surface area (TPSA) is 55.8 Å². The minimum Gasteiger partial charge on any atom is -0.497 e. The lowest BCUT2D eigenvalue weighted by atomic mass is 10.00. The Morgan fingerprint density at radius 2 is 1.64 bits per heavy atom. The highest BCUT2D eigenvalue weighted by atomic mass is 16.5. The predicted molar refractivity (Wildman–Crippen MR) is 84.6 cm³/mol. The van der Waals surface area contributed by atoms with Gasteiger partial charge in [-0.1, -0.05) is 31.2 Å². The fourth-order valence-corrected chi connectivity index (χ4v) is 2.30. The number of rotatable bonds is 7. The van der Waals surface area contributed by atoms with Crippen LogP contribution in [0.3, 0.4) is 0 Å². The van der Waals surface area contributed by atoms with Crippen molar-refractivity contribution in [1.29, 1.82) is 0 Å². The van der Waals surface area contributed by atoms with E-state index in [1.54, 1.807) is 31.4 Å². The summed E-state index contributed by atoms with van der Waals surface area (Å²) in [5.74, 6) is 0.249. The molecule has 0 aromatic heterocycles. The molecule has 0 heterocycles. The van der Waals surface area contributed by atoms with Crippen molar-refractivity contribution in [2.45, 2.75) is 25.9 Å². The second-order valence-electron chi connectivity index (χ2n) is 4.95. The van der Waals surface area contributed by atoms with Crippen LogP contribution in [-0.4, -0.2) is 24.3 Å². The van der Waals surface area contributed by atoms with Gasteiger partial charge in [-0.3, -0.25) is 0 Å². The Labute approximate surface area is 130 Å². The molecule has 0 bridgehead atoms. The van der Waals surface area contributed by atoms with Crippen molar-refractivity contribution in [3.63, 3.8) is 0 Å². The fourth-order valence-electron chi connectivity index (χ4n) is 2.30. The zero-order valence-electron chi connectivity index (χ0n) is 12.8.